The minimum Gasteiger partial charge on any atom is -0.469 e. The van der Waals surface area contributed by atoms with E-state index in [0.717, 1.165) is 24.0 Å². The highest BCUT2D eigenvalue weighted by Crippen LogP contribution is 2.57. The first kappa shape index (κ1) is 21.8. The summed E-state index contributed by atoms with van der Waals surface area (Å²) in [6, 6.07) is 12.1. The lowest BCUT2D eigenvalue weighted by Gasteiger charge is -2.29. The number of hydrogen-bond acceptors (Lipinski definition) is 6. The topological polar surface area (TPSA) is 104 Å². The van der Waals surface area contributed by atoms with Crippen LogP contribution in [0.3, 0.4) is 0 Å². The van der Waals surface area contributed by atoms with Gasteiger partial charge in [-0.25, -0.2) is 4.98 Å². The van der Waals surface area contributed by atoms with E-state index in [1.807, 2.05) is 19.1 Å². The van der Waals surface area contributed by atoms with Crippen molar-refractivity contribution in [3.05, 3.63) is 53.2 Å². The largest absolute Gasteiger partial charge is 0.469 e. The summed E-state index contributed by atoms with van der Waals surface area (Å²) in [6.45, 7) is 2.42. The van der Waals surface area contributed by atoms with Gasteiger partial charge in [0.15, 0.2) is 0 Å². The van der Waals surface area contributed by atoms with Crippen molar-refractivity contribution in [2.24, 2.45) is 17.8 Å². The third-order valence-corrected chi connectivity index (χ3v) is 6.88. The summed E-state index contributed by atoms with van der Waals surface area (Å²) in [7, 11) is 1.48. The molecule has 166 valence electrons. The minimum absolute atomic E-state index is 0.0289. The Morgan fingerprint density at radius 1 is 1.19 bits per heavy atom. The second-order valence-corrected chi connectivity index (χ2v) is 8.74. The van der Waals surface area contributed by atoms with Crippen LogP contribution in [-0.4, -0.2) is 24.0 Å². The number of ether oxygens (including phenoxy) is 1. The van der Waals surface area contributed by atoms with Crippen molar-refractivity contribution in [1.82, 2.24) is 4.98 Å². The van der Waals surface area contributed by atoms with Crippen molar-refractivity contribution in [2.45, 2.75) is 45.1 Å². The number of rotatable bonds is 7. The van der Waals surface area contributed by atoms with E-state index >= 15 is 0 Å². The van der Waals surface area contributed by atoms with E-state index in [4.69, 9.17) is 10.00 Å². The molecule has 2 bridgehead atoms. The molecule has 1 heterocycles. The average Bonchev–Trinajstić information content (AvgIpc) is 3.41. The van der Waals surface area contributed by atoms with Crippen LogP contribution in [0.2, 0.25) is 0 Å². The molecule has 32 heavy (non-hydrogen) atoms. The van der Waals surface area contributed by atoms with Crippen LogP contribution in [0.15, 0.2) is 36.5 Å². The Morgan fingerprint density at radius 2 is 1.94 bits per heavy atom. The second kappa shape index (κ2) is 9.39. The zero-order valence-corrected chi connectivity index (χ0v) is 18.4. The standard InChI is InChI=1S/C25H28N4O3/c1-15-10-12-27-24(23(15)29-20(30)9-11-26)28-14-16-3-5-17(6-4-16)21-18-7-8-19(13-18)22(21)25(31)32-2/h3-6,10,12,18-19,21-22H,7-9,13-14H2,1-2H3,(H,27,28)(H,29,30). The van der Waals surface area contributed by atoms with Gasteiger partial charge in [0.2, 0.25) is 5.91 Å². The molecule has 2 aromatic rings. The fraction of sp³-hybridized carbons (Fsp3) is 0.440. The van der Waals surface area contributed by atoms with Gasteiger partial charge in [-0.2, -0.15) is 5.26 Å². The van der Waals surface area contributed by atoms with Crippen LogP contribution in [0.25, 0.3) is 0 Å². The van der Waals surface area contributed by atoms with E-state index < -0.39 is 0 Å². The summed E-state index contributed by atoms with van der Waals surface area (Å²) in [5, 5.41) is 14.8. The molecule has 1 aromatic carbocycles. The third kappa shape index (κ3) is 4.31. The number of methoxy groups -OCH3 is 1. The Labute approximate surface area is 188 Å². The van der Waals surface area contributed by atoms with Crippen LogP contribution in [0.5, 0.6) is 0 Å². The number of carbonyl (C=O) groups is 2. The van der Waals surface area contributed by atoms with Crippen LogP contribution in [0, 0.1) is 36.0 Å². The van der Waals surface area contributed by atoms with E-state index in [1.165, 1.54) is 19.1 Å². The SMILES string of the molecule is COC(=O)C1C2CCC(C2)C1c1ccc(CNc2nccc(C)c2NC(=O)CC#N)cc1. The Morgan fingerprint density at radius 3 is 2.66 bits per heavy atom. The number of anilines is 2. The van der Waals surface area contributed by atoms with Crippen LogP contribution < -0.4 is 10.6 Å². The predicted octanol–water partition coefficient (Wildman–Crippen LogP) is 4.16. The summed E-state index contributed by atoms with van der Waals surface area (Å²) in [5.41, 5.74) is 3.74. The molecule has 1 aromatic heterocycles. The lowest BCUT2D eigenvalue weighted by Crippen LogP contribution is -2.29. The number of fused-ring (bicyclic) bond motifs is 2. The van der Waals surface area contributed by atoms with Crippen molar-refractivity contribution in [2.75, 3.05) is 17.7 Å². The van der Waals surface area contributed by atoms with E-state index in [0.29, 0.717) is 29.9 Å². The molecule has 7 nitrogen and oxygen atoms in total. The number of carbonyl (C=O) groups excluding carboxylic acids is 2. The first-order valence-electron chi connectivity index (χ1n) is 11.0. The molecule has 1 amide bonds. The first-order chi connectivity index (χ1) is 15.5. The van der Waals surface area contributed by atoms with Gasteiger partial charge in [-0.1, -0.05) is 24.3 Å². The van der Waals surface area contributed by atoms with Crippen LogP contribution in [-0.2, 0) is 20.9 Å². The smallest absolute Gasteiger partial charge is 0.309 e. The monoisotopic (exact) mass is 432 g/mol. The van der Waals surface area contributed by atoms with Crippen molar-refractivity contribution in [1.29, 1.82) is 5.26 Å². The summed E-state index contributed by atoms with van der Waals surface area (Å²) in [4.78, 5) is 28.6. The maximum Gasteiger partial charge on any atom is 0.309 e. The van der Waals surface area contributed by atoms with Gasteiger partial charge in [0.1, 0.15) is 12.2 Å². The van der Waals surface area contributed by atoms with Crippen molar-refractivity contribution < 1.29 is 14.3 Å². The average molecular weight is 433 g/mol. The molecule has 2 N–H and O–H groups in total. The molecule has 2 fully saturated rings. The van der Waals surface area contributed by atoms with Gasteiger partial charge < -0.3 is 15.4 Å². The molecule has 0 aliphatic heterocycles. The molecule has 0 saturated heterocycles. The van der Waals surface area contributed by atoms with Crippen molar-refractivity contribution in [3.8, 4) is 6.07 Å². The molecule has 4 rings (SSSR count). The first-order valence-corrected chi connectivity index (χ1v) is 11.0. The summed E-state index contributed by atoms with van der Waals surface area (Å²) < 4.78 is 5.11. The van der Waals surface area contributed by atoms with Gasteiger partial charge in [0.25, 0.3) is 0 Å². The van der Waals surface area contributed by atoms with E-state index in [2.05, 4.69) is 39.9 Å². The predicted molar refractivity (Wildman–Crippen MR) is 121 cm³/mol. The normalized spacial score (nSPS) is 23.4. The maximum atomic E-state index is 12.4. The number of nitrogens with zero attached hydrogens (tertiary/aromatic N) is 2. The zero-order chi connectivity index (χ0) is 22.7. The van der Waals surface area contributed by atoms with E-state index in [-0.39, 0.29) is 30.1 Å². The molecular weight excluding hydrogens is 404 g/mol. The molecular formula is C25H28N4O3. The lowest BCUT2D eigenvalue weighted by atomic mass is 9.75. The van der Waals surface area contributed by atoms with Crippen molar-refractivity contribution >= 4 is 23.4 Å². The molecule has 2 aliphatic carbocycles. The van der Waals surface area contributed by atoms with Gasteiger partial charge in [-0.15, -0.1) is 0 Å². The highest BCUT2D eigenvalue weighted by molar-refractivity contribution is 5.95. The van der Waals surface area contributed by atoms with Gasteiger partial charge >= 0.3 is 5.97 Å². The number of amides is 1. The van der Waals surface area contributed by atoms with Gasteiger partial charge in [0, 0.05) is 18.7 Å². The Kier molecular flexibility index (Phi) is 6.40. The highest BCUT2D eigenvalue weighted by atomic mass is 16.5. The molecule has 0 spiro atoms. The number of nitriles is 1. The molecule has 7 heteroatoms. The highest BCUT2D eigenvalue weighted by Gasteiger charge is 2.51. The fourth-order valence-corrected chi connectivity index (χ4v) is 5.40. The number of esters is 1. The Hall–Kier alpha value is -3.40. The second-order valence-electron chi connectivity index (χ2n) is 8.74. The summed E-state index contributed by atoms with van der Waals surface area (Å²) >= 11 is 0. The molecule has 2 saturated carbocycles. The summed E-state index contributed by atoms with van der Waals surface area (Å²) in [6.07, 6.45) is 4.91. The maximum absolute atomic E-state index is 12.4. The van der Waals surface area contributed by atoms with Gasteiger partial charge in [-0.05, 0) is 60.8 Å². The Bertz CT molecular complexity index is 1040. The molecule has 0 radical (unpaired) electrons. The lowest BCUT2D eigenvalue weighted by molar-refractivity contribution is -0.148. The number of aromatic nitrogens is 1. The zero-order valence-electron chi connectivity index (χ0n) is 18.4. The van der Waals surface area contributed by atoms with Crippen molar-refractivity contribution in [3.63, 3.8) is 0 Å². The third-order valence-electron chi connectivity index (χ3n) is 6.88. The van der Waals surface area contributed by atoms with Crippen LogP contribution in [0.4, 0.5) is 11.5 Å². The number of nitrogens with one attached hydrogen (secondary N) is 2. The minimum atomic E-state index is -0.359. The van der Waals surface area contributed by atoms with Gasteiger partial charge in [-0.3, -0.25) is 9.59 Å². The van der Waals surface area contributed by atoms with E-state index in [9.17, 15) is 9.59 Å². The fourth-order valence-electron chi connectivity index (χ4n) is 5.40. The number of benzene rings is 1. The number of hydrogen-bond donors (Lipinski definition) is 2. The van der Waals surface area contributed by atoms with Crippen LogP contribution >= 0.6 is 0 Å². The molecule has 4 unspecified atom stereocenters. The Balaban J connectivity index is 1.45. The quantitative estimate of drug-likeness (QED) is 0.637. The molecule has 2 aliphatic rings. The number of pyridine rings is 1. The van der Waals surface area contributed by atoms with Crippen LogP contribution in [0.1, 0.15) is 48.3 Å². The van der Waals surface area contributed by atoms with Gasteiger partial charge in [0.05, 0.1) is 24.8 Å². The number of aryl methyl sites for hydroxylation is 1. The molecule has 4 atom stereocenters. The summed E-state index contributed by atoms with van der Waals surface area (Å²) in [5.74, 6) is 1.35. The van der Waals surface area contributed by atoms with E-state index in [1.54, 1.807) is 6.20 Å².